The third kappa shape index (κ3) is 4.14. The first-order valence-electron chi connectivity index (χ1n) is 7.32. The highest BCUT2D eigenvalue weighted by Crippen LogP contribution is 2.25. The van der Waals surface area contributed by atoms with Gasteiger partial charge in [0.15, 0.2) is 11.6 Å². The number of anilines is 1. The maximum atomic E-state index is 13.3. The number of carbonyl (C=O) groups is 1. The largest absolute Gasteiger partial charge is 0.457 e. The minimum absolute atomic E-state index is 0.157. The van der Waals surface area contributed by atoms with Crippen LogP contribution in [0.3, 0.4) is 0 Å². The van der Waals surface area contributed by atoms with Crippen molar-refractivity contribution in [2.45, 2.75) is 0 Å². The molecule has 0 saturated heterocycles. The van der Waals surface area contributed by atoms with Crippen LogP contribution >= 0.6 is 11.6 Å². The fourth-order valence-electron chi connectivity index (χ4n) is 2.16. The van der Waals surface area contributed by atoms with Gasteiger partial charge in [-0.05, 0) is 36.4 Å². The van der Waals surface area contributed by atoms with Crippen LogP contribution in [0.25, 0.3) is 0 Å². The Hall–Kier alpha value is -2.92. The lowest BCUT2D eigenvalue weighted by atomic mass is 10.2. The summed E-state index contributed by atoms with van der Waals surface area (Å²) in [4.78, 5) is 12.2. The normalized spacial score (nSPS) is 10.4. The van der Waals surface area contributed by atoms with Crippen LogP contribution in [0, 0.1) is 11.6 Å². The molecule has 0 aliphatic heterocycles. The smallest absolute Gasteiger partial charge is 0.257 e. The number of rotatable bonds is 4. The van der Waals surface area contributed by atoms with E-state index in [-0.39, 0.29) is 10.6 Å². The molecule has 0 atom stereocenters. The summed E-state index contributed by atoms with van der Waals surface area (Å²) in [5.41, 5.74) is 0.272. The molecular formula is C19H12ClF2NO2. The SMILES string of the molecule is O=C(Nc1cccc(Oc2ccccc2)c1)c1cc(F)c(F)cc1Cl. The summed E-state index contributed by atoms with van der Waals surface area (Å²) in [6.07, 6.45) is 0. The first-order chi connectivity index (χ1) is 12.0. The van der Waals surface area contributed by atoms with Gasteiger partial charge in [0, 0.05) is 11.8 Å². The fraction of sp³-hybridized carbons (Fsp3) is 0. The molecule has 126 valence electrons. The average molecular weight is 360 g/mol. The van der Waals surface area contributed by atoms with Crippen molar-refractivity contribution in [2.75, 3.05) is 5.32 Å². The predicted octanol–water partition coefficient (Wildman–Crippen LogP) is 5.66. The van der Waals surface area contributed by atoms with Crippen LogP contribution in [-0.4, -0.2) is 5.91 Å². The van der Waals surface area contributed by atoms with Crippen LogP contribution < -0.4 is 10.1 Å². The summed E-state index contributed by atoms with van der Waals surface area (Å²) >= 11 is 5.81. The Balaban J connectivity index is 1.78. The van der Waals surface area contributed by atoms with Gasteiger partial charge < -0.3 is 10.1 Å². The first-order valence-corrected chi connectivity index (χ1v) is 7.69. The van der Waals surface area contributed by atoms with Gasteiger partial charge in [-0.15, -0.1) is 0 Å². The Morgan fingerprint density at radius 2 is 1.56 bits per heavy atom. The highest BCUT2D eigenvalue weighted by atomic mass is 35.5. The van der Waals surface area contributed by atoms with Gasteiger partial charge in [-0.3, -0.25) is 4.79 Å². The third-order valence-corrected chi connectivity index (χ3v) is 3.64. The quantitative estimate of drug-likeness (QED) is 0.610. The van der Waals surface area contributed by atoms with Crippen molar-refractivity contribution in [3.8, 4) is 11.5 Å². The molecule has 3 nitrogen and oxygen atoms in total. The Morgan fingerprint density at radius 3 is 2.32 bits per heavy atom. The highest BCUT2D eigenvalue weighted by molar-refractivity contribution is 6.34. The number of ether oxygens (including phenoxy) is 1. The molecule has 0 radical (unpaired) electrons. The molecule has 3 aromatic carbocycles. The Morgan fingerprint density at radius 1 is 0.880 bits per heavy atom. The van der Waals surface area contributed by atoms with Crippen molar-refractivity contribution in [2.24, 2.45) is 0 Å². The van der Waals surface area contributed by atoms with Gasteiger partial charge in [-0.2, -0.15) is 0 Å². The highest BCUT2D eigenvalue weighted by Gasteiger charge is 2.15. The van der Waals surface area contributed by atoms with Gasteiger partial charge in [0.1, 0.15) is 11.5 Å². The molecule has 0 heterocycles. The van der Waals surface area contributed by atoms with Crippen molar-refractivity contribution in [3.63, 3.8) is 0 Å². The minimum atomic E-state index is -1.14. The third-order valence-electron chi connectivity index (χ3n) is 3.33. The zero-order chi connectivity index (χ0) is 17.8. The number of benzene rings is 3. The van der Waals surface area contributed by atoms with Crippen LogP contribution in [0.15, 0.2) is 66.7 Å². The molecule has 1 amide bonds. The lowest BCUT2D eigenvalue weighted by molar-refractivity contribution is 0.102. The molecule has 6 heteroatoms. The molecule has 3 aromatic rings. The molecule has 0 saturated carbocycles. The monoisotopic (exact) mass is 359 g/mol. The van der Waals surface area contributed by atoms with E-state index in [1.165, 1.54) is 0 Å². The molecule has 0 unspecified atom stereocenters. The van der Waals surface area contributed by atoms with Crippen LogP contribution in [0.1, 0.15) is 10.4 Å². The maximum Gasteiger partial charge on any atom is 0.257 e. The number of nitrogens with one attached hydrogen (secondary N) is 1. The number of carbonyl (C=O) groups excluding carboxylic acids is 1. The molecule has 0 bridgehead atoms. The van der Waals surface area contributed by atoms with E-state index in [9.17, 15) is 13.6 Å². The Kier molecular flexibility index (Phi) is 4.95. The van der Waals surface area contributed by atoms with E-state index >= 15 is 0 Å². The van der Waals surface area contributed by atoms with E-state index in [4.69, 9.17) is 16.3 Å². The van der Waals surface area contributed by atoms with Crippen LogP contribution in [-0.2, 0) is 0 Å². The van der Waals surface area contributed by atoms with Gasteiger partial charge in [0.2, 0.25) is 0 Å². The van der Waals surface area contributed by atoms with Crippen LogP contribution in [0.2, 0.25) is 5.02 Å². The molecule has 1 N–H and O–H groups in total. The van der Waals surface area contributed by atoms with Crippen molar-refractivity contribution < 1.29 is 18.3 Å². The van der Waals surface area contributed by atoms with E-state index in [1.807, 2.05) is 18.2 Å². The topological polar surface area (TPSA) is 38.3 Å². The Bertz CT molecular complexity index is 917. The zero-order valence-corrected chi connectivity index (χ0v) is 13.6. The standard InChI is InChI=1S/C19H12ClF2NO2/c20-16-11-18(22)17(21)10-15(16)19(24)23-12-5-4-8-14(9-12)25-13-6-2-1-3-7-13/h1-11H,(H,23,24). The summed E-state index contributed by atoms with van der Waals surface area (Å²) in [6, 6.07) is 17.3. The number of halogens is 3. The molecule has 0 aromatic heterocycles. The maximum absolute atomic E-state index is 13.3. The van der Waals surface area contributed by atoms with Gasteiger partial charge >= 0.3 is 0 Å². The van der Waals surface area contributed by atoms with Gasteiger partial charge in [0.25, 0.3) is 5.91 Å². The van der Waals surface area contributed by atoms with Crippen molar-refractivity contribution in [1.29, 1.82) is 0 Å². The number of amides is 1. The fourth-order valence-corrected chi connectivity index (χ4v) is 2.39. The number of para-hydroxylation sites is 1. The lowest BCUT2D eigenvalue weighted by Gasteiger charge is -2.10. The van der Waals surface area contributed by atoms with Gasteiger partial charge in [-0.25, -0.2) is 8.78 Å². The van der Waals surface area contributed by atoms with E-state index in [0.717, 1.165) is 12.1 Å². The average Bonchev–Trinajstić information content (AvgIpc) is 2.59. The second kappa shape index (κ2) is 7.32. The summed E-state index contributed by atoms with van der Waals surface area (Å²) in [5.74, 6) is -1.74. The molecule has 0 spiro atoms. The number of hydrogen-bond donors (Lipinski definition) is 1. The van der Waals surface area contributed by atoms with Crippen molar-refractivity contribution in [3.05, 3.63) is 89.0 Å². The van der Waals surface area contributed by atoms with Gasteiger partial charge in [-0.1, -0.05) is 35.9 Å². The molecular weight excluding hydrogens is 348 g/mol. The molecule has 3 rings (SSSR count). The summed E-state index contributed by atoms with van der Waals surface area (Å²) in [5, 5.41) is 2.41. The second-order valence-electron chi connectivity index (χ2n) is 5.14. The lowest BCUT2D eigenvalue weighted by Crippen LogP contribution is -2.13. The minimum Gasteiger partial charge on any atom is -0.457 e. The van der Waals surface area contributed by atoms with E-state index in [2.05, 4.69) is 5.32 Å². The van der Waals surface area contributed by atoms with Crippen molar-refractivity contribution >= 4 is 23.2 Å². The van der Waals surface area contributed by atoms with E-state index < -0.39 is 17.5 Å². The van der Waals surface area contributed by atoms with Gasteiger partial charge in [0.05, 0.1) is 10.6 Å². The molecule has 0 aliphatic rings. The summed E-state index contributed by atoms with van der Waals surface area (Å²) < 4.78 is 32.1. The number of hydrogen-bond acceptors (Lipinski definition) is 2. The van der Waals surface area contributed by atoms with E-state index in [0.29, 0.717) is 17.2 Å². The predicted molar refractivity (Wildman–Crippen MR) is 92.3 cm³/mol. The van der Waals surface area contributed by atoms with E-state index in [1.54, 1.807) is 36.4 Å². The molecule has 25 heavy (non-hydrogen) atoms. The van der Waals surface area contributed by atoms with Crippen LogP contribution in [0.5, 0.6) is 11.5 Å². The summed E-state index contributed by atoms with van der Waals surface area (Å²) in [7, 11) is 0. The second-order valence-corrected chi connectivity index (χ2v) is 5.55. The Labute approximate surface area is 147 Å². The summed E-state index contributed by atoms with van der Waals surface area (Å²) in [6.45, 7) is 0. The van der Waals surface area contributed by atoms with Crippen LogP contribution in [0.4, 0.5) is 14.5 Å². The molecule has 0 fully saturated rings. The zero-order valence-electron chi connectivity index (χ0n) is 12.8. The van der Waals surface area contributed by atoms with Crippen molar-refractivity contribution in [1.82, 2.24) is 0 Å². The first kappa shape index (κ1) is 16.9. The molecule has 0 aliphatic carbocycles.